The molecule has 0 aromatic heterocycles. The van der Waals surface area contributed by atoms with Gasteiger partial charge in [0.25, 0.3) is 0 Å². The van der Waals surface area contributed by atoms with Crippen LogP contribution in [0.5, 0.6) is 5.75 Å². The quantitative estimate of drug-likeness (QED) is 0.639. The molecular weight excluding hydrogens is 266 g/mol. The average molecular weight is 284 g/mol. The Hall–Kier alpha value is -0.800. The highest BCUT2D eigenvalue weighted by Gasteiger charge is 2.06. The Morgan fingerprint density at radius 1 is 1.56 bits per heavy atom. The van der Waals surface area contributed by atoms with Gasteiger partial charge in [0.2, 0.25) is 0 Å². The maximum atomic E-state index is 5.80. The number of ether oxygens (including phenoxy) is 1. The van der Waals surface area contributed by atoms with Crippen molar-refractivity contribution in [2.24, 2.45) is 0 Å². The van der Waals surface area contributed by atoms with Crippen molar-refractivity contribution in [3.8, 4) is 5.75 Å². The van der Waals surface area contributed by atoms with Crippen molar-refractivity contribution in [1.29, 1.82) is 0 Å². The van der Waals surface area contributed by atoms with E-state index in [1.807, 2.05) is 25.1 Å². The van der Waals surface area contributed by atoms with Crippen molar-refractivity contribution in [2.75, 3.05) is 13.1 Å². The zero-order valence-corrected chi connectivity index (χ0v) is 11.4. The molecule has 1 aromatic carbocycles. The summed E-state index contributed by atoms with van der Waals surface area (Å²) in [7, 11) is 0. The molecule has 0 amide bonds. The molecule has 0 spiro atoms. The minimum atomic E-state index is 0.138. The average Bonchev–Trinajstić information content (AvgIpc) is 2.23. The molecule has 0 heterocycles. The lowest BCUT2D eigenvalue weighted by atomic mass is 10.2. The molecule has 0 saturated carbocycles. The van der Waals surface area contributed by atoms with E-state index in [9.17, 15) is 0 Å². The second-order valence-electron chi connectivity index (χ2n) is 3.81. The van der Waals surface area contributed by atoms with Crippen LogP contribution in [0, 0.1) is 6.92 Å². The fourth-order valence-corrected chi connectivity index (χ4v) is 1.94. The molecule has 3 heteroatoms. The molecule has 1 unspecified atom stereocenters. The van der Waals surface area contributed by atoms with Crippen molar-refractivity contribution in [2.45, 2.75) is 20.0 Å². The lowest BCUT2D eigenvalue weighted by Crippen LogP contribution is -2.29. The molecule has 0 aliphatic carbocycles. The van der Waals surface area contributed by atoms with E-state index in [4.69, 9.17) is 4.74 Å². The van der Waals surface area contributed by atoms with Gasteiger partial charge in [-0.2, -0.15) is 0 Å². The molecule has 0 fully saturated rings. The van der Waals surface area contributed by atoms with Gasteiger partial charge >= 0.3 is 0 Å². The highest BCUT2D eigenvalue weighted by molar-refractivity contribution is 9.10. The van der Waals surface area contributed by atoms with E-state index >= 15 is 0 Å². The number of benzene rings is 1. The van der Waals surface area contributed by atoms with E-state index in [-0.39, 0.29) is 6.10 Å². The first-order chi connectivity index (χ1) is 7.63. The molecule has 88 valence electrons. The first-order valence-electron chi connectivity index (χ1n) is 5.38. The highest BCUT2D eigenvalue weighted by Crippen LogP contribution is 2.26. The van der Waals surface area contributed by atoms with Crippen LogP contribution in [-0.4, -0.2) is 19.2 Å². The van der Waals surface area contributed by atoms with Gasteiger partial charge in [-0.25, -0.2) is 0 Å². The maximum absolute atomic E-state index is 5.80. The van der Waals surface area contributed by atoms with Crippen molar-refractivity contribution in [3.05, 3.63) is 40.9 Å². The van der Waals surface area contributed by atoms with Crippen molar-refractivity contribution in [3.63, 3.8) is 0 Å². The third kappa shape index (κ3) is 4.37. The molecule has 0 aliphatic rings. The SMILES string of the molecule is C=CCNCC(C)Oc1ccc(C)cc1Br. The summed E-state index contributed by atoms with van der Waals surface area (Å²) in [5, 5.41) is 3.23. The van der Waals surface area contributed by atoms with Crippen LogP contribution in [0.25, 0.3) is 0 Å². The summed E-state index contributed by atoms with van der Waals surface area (Å²) >= 11 is 3.50. The lowest BCUT2D eigenvalue weighted by molar-refractivity contribution is 0.217. The molecule has 16 heavy (non-hydrogen) atoms. The van der Waals surface area contributed by atoms with Crippen LogP contribution < -0.4 is 10.1 Å². The maximum Gasteiger partial charge on any atom is 0.133 e. The van der Waals surface area contributed by atoms with E-state index in [2.05, 4.69) is 40.8 Å². The van der Waals surface area contributed by atoms with Crippen molar-refractivity contribution in [1.82, 2.24) is 5.32 Å². The number of rotatable bonds is 6. The topological polar surface area (TPSA) is 21.3 Å². The number of halogens is 1. The summed E-state index contributed by atoms with van der Waals surface area (Å²) < 4.78 is 6.81. The van der Waals surface area contributed by atoms with Gasteiger partial charge in [-0.05, 0) is 47.5 Å². The van der Waals surface area contributed by atoms with Gasteiger partial charge in [-0.3, -0.25) is 0 Å². The van der Waals surface area contributed by atoms with Gasteiger partial charge in [0.15, 0.2) is 0 Å². The van der Waals surface area contributed by atoms with Gasteiger partial charge in [-0.15, -0.1) is 6.58 Å². The monoisotopic (exact) mass is 283 g/mol. The van der Waals surface area contributed by atoms with Crippen LogP contribution in [0.3, 0.4) is 0 Å². The van der Waals surface area contributed by atoms with Gasteiger partial charge < -0.3 is 10.1 Å². The number of aryl methyl sites for hydroxylation is 1. The fourth-order valence-electron chi connectivity index (χ4n) is 1.35. The molecule has 1 N–H and O–H groups in total. The molecule has 0 saturated heterocycles. The van der Waals surface area contributed by atoms with E-state index in [0.29, 0.717) is 0 Å². The third-order valence-corrected chi connectivity index (χ3v) is 2.76. The van der Waals surface area contributed by atoms with Crippen LogP contribution in [0.1, 0.15) is 12.5 Å². The van der Waals surface area contributed by atoms with Crippen LogP contribution in [-0.2, 0) is 0 Å². The van der Waals surface area contributed by atoms with Gasteiger partial charge in [0.05, 0.1) is 4.47 Å². The molecule has 1 aromatic rings. The molecule has 1 atom stereocenters. The molecule has 0 aliphatic heterocycles. The molecule has 0 bridgehead atoms. The van der Waals surface area contributed by atoms with Gasteiger partial charge in [0.1, 0.15) is 11.9 Å². The Bertz CT molecular complexity index is 352. The summed E-state index contributed by atoms with van der Waals surface area (Å²) in [4.78, 5) is 0. The predicted octanol–water partition coefficient (Wildman–Crippen LogP) is 3.30. The van der Waals surface area contributed by atoms with E-state index in [1.165, 1.54) is 5.56 Å². The zero-order valence-electron chi connectivity index (χ0n) is 9.79. The largest absolute Gasteiger partial charge is 0.488 e. The third-order valence-electron chi connectivity index (χ3n) is 2.14. The molecule has 0 radical (unpaired) electrons. The Labute approximate surface area is 106 Å². The van der Waals surface area contributed by atoms with Crippen LogP contribution in [0.4, 0.5) is 0 Å². The van der Waals surface area contributed by atoms with Crippen molar-refractivity contribution < 1.29 is 4.74 Å². The van der Waals surface area contributed by atoms with Crippen molar-refractivity contribution >= 4 is 15.9 Å². The second kappa shape index (κ2) is 6.71. The molecular formula is C13H18BrNO. The van der Waals surface area contributed by atoms with Crippen LogP contribution in [0.15, 0.2) is 35.3 Å². The number of hydrogen-bond donors (Lipinski definition) is 1. The summed E-state index contributed by atoms with van der Waals surface area (Å²) in [6, 6.07) is 6.09. The smallest absolute Gasteiger partial charge is 0.133 e. The Morgan fingerprint density at radius 2 is 2.31 bits per heavy atom. The van der Waals surface area contributed by atoms with E-state index in [0.717, 1.165) is 23.3 Å². The van der Waals surface area contributed by atoms with Crippen LogP contribution >= 0.6 is 15.9 Å². The fraction of sp³-hybridized carbons (Fsp3) is 0.385. The van der Waals surface area contributed by atoms with E-state index < -0.39 is 0 Å². The van der Waals surface area contributed by atoms with Crippen LogP contribution in [0.2, 0.25) is 0 Å². The minimum Gasteiger partial charge on any atom is -0.488 e. The summed E-state index contributed by atoms with van der Waals surface area (Å²) in [5.41, 5.74) is 1.22. The summed E-state index contributed by atoms with van der Waals surface area (Å²) in [6.45, 7) is 9.38. The molecule has 2 nitrogen and oxygen atoms in total. The lowest BCUT2D eigenvalue weighted by Gasteiger charge is -2.16. The number of hydrogen-bond acceptors (Lipinski definition) is 2. The highest BCUT2D eigenvalue weighted by atomic mass is 79.9. The molecule has 1 rings (SSSR count). The minimum absolute atomic E-state index is 0.138. The van der Waals surface area contributed by atoms with E-state index in [1.54, 1.807) is 0 Å². The second-order valence-corrected chi connectivity index (χ2v) is 4.66. The first-order valence-corrected chi connectivity index (χ1v) is 6.17. The van der Waals surface area contributed by atoms with Gasteiger partial charge in [-0.1, -0.05) is 12.1 Å². The normalized spacial score (nSPS) is 12.2. The Balaban J connectivity index is 2.49. The Kier molecular flexibility index (Phi) is 5.56. The standard InChI is InChI=1S/C13H18BrNO/c1-4-7-15-9-11(3)16-13-6-5-10(2)8-12(13)14/h4-6,8,11,15H,1,7,9H2,2-3H3. The number of nitrogens with one attached hydrogen (secondary N) is 1. The zero-order chi connectivity index (χ0) is 12.0. The van der Waals surface area contributed by atoms with Gasteiger partial charge in [0, 0.05) is 13.1 Å². The predicted molar refractivity (Wildman–Crippen MR) is 72.0 cm³/mol. The summed E-state index contributed by atoms with van der Waals surface area (Å²) in [5.74, 6) is 0.888. The summed E-state index contributed by atoms with van der Waals surface area (Å²) in [6.07, 6.45) is 1.98. The first kappa shape index (κ1) is 13.3. The Morgan fingerprint density at radius 3 is 2.94 bits per heavy atom.